The van der Waals surface area contributed by atoms with E-state index in [0.29, 0.717) is 28.7 Å². The summed E-state index contributed by atoms with van der Waals surface area (Å²) in [7, 11) is 0. The molecule has 0 aliphatic carbocycles. The van der Waals surface area contributed by atoms with Crippen LogP contribution in [0.25, 0.3) is 10.9 Å². The lowest BCUT2D eigenvalue weighted by atomic mass is 10.1. The van der Waals surface area contributed by atoms with Crippen LogP contribution >= 0.6 is 27.7 Å². The standard InChI is InChI=1S/C21H19BrFN3OS/c22-15-3-1-2-14(10-15)12-25-20-17-11-16(23)4-5-19(17)24-13-18(20)21(27)26-6-8-28-9-7-26/h1-5,10-11,13H,6-9,12H2,(H,24,25). The van der Waals surface area contributed by atoms with E-state index in [-0.39, 0.29) is 11.7 Å². The first-order valence-electron chi connectivity index (χ1n) is 9.05. The Balaban J connectivity index is 1.73. The van der Waals surface area contributed by atoms with Crippen LogP contribution in [0.5, 0.6) is 0 Å². The van der Waals surface area contributed by atoms with Crippen molar-refractivity contribution in [1.29, 1.82) is 0 Å². The number of pyridine rings is 1. The zero-order valence-electron chi connectivity index (χ0n) is 15.1. The van der Waals surface area contributed by atoms with E-state index in [0.717, 1.165) is 34.6 Å². The molecule has 1 fully saturated rings. The summed E-state index contributed by atoms with van der Waals surface area (Å²) in [5.74, 6) is 1.46. The number of carbonyl (C=O) groups excluding carboxylic acids is 1. The predicted octanol–water partition coefficient (Wildman–Crippen LogP) is 4.94. The molecule has 0 spiro atoms. The second-order valence-corrected chi connectivity index (χ2v) is 8.74. The second kappa shape index (κ2) is 8.49. The maximum atomic E-state index is 14.0. The fourth-order valence-corrected chi connectivity index (χ4v) is 4.64. The summed E-state index contributed by atoms with van der Waals surface area (Å²) in [5, 5.41) is 3.98. The van der Waals surface area contributed by atoms with E-state index in [2.05, 4.69) is 26.2 Å². The third-order valence-electron chi connectivity index (χ3n) is 4.72. The average Bonchev–Trinajstić information content (AvgIpc) is 2.72. The van der Waals surface area contributed by atoms with Gasteiger partial charge in [0.25, 0.3) is 5.91 Å². The normalized spacial score (nSPS) is 14.3. The molecule has 3 aromatic rings. The number of halogens is 2. The molecule has 7 heteroatoms. The number of fused-ring (bicyclic) bond motifs is 1. The van der Waals surface area contributed by atoms with E-state index in [9.17, 15) is 9.18 Å². The number of carbonyl (C=O) groups is 1. The van der Waals surface area contributed by atoms with E-state index in [1.807, 2.05) is 40.9 Å². The zero-order valence-corrected chi connectivity index (χ0v) is 17.5. The van der Waals surface area contributed by atoms with Crippen LogP contribution in [0.1, 0.15) is 15.9 Å². The van der Waals surface area contributed by atoms with Crippen molar-refractivity contribution in [2.45, 2.75) is 6.54 Å². The molecule has 1 amide bonds. The summed E-state index contributed by atoms with van der Waals surface area (Å²) in [6.45, 7) is 1.96. The van der Waals surface area contributed by atoms with Crippen molar-refractivity contribution in [3.63, 3.8) is 0 Å². The minimum absolute atomic E-state index is 0.0595. The minimum Gasteiger partial charge on any atom is -0.380 e. The lowest BCUT2D eigenvalue weighted by Crippen LogP contribution is -2.38. The van der Waals surface area contributed by atoms with Crippen molar-refractivity contribution in [2.75, 3.05) is 29.9 Å². The molecule has 0 saturated carbocycles. The van der Waals surface area contributed by atoms with Gasteiger partial charge in [0.2, 0.25) is 0 Å². The van der Waals surface area contributed by atoms with Gasteiger partial charge in [-0.25, -0.2) is 4.39 Å². The molecule has 2 aromatic carbocycles. The van der Waals surface area contributed by atoms with Crippen LogP contribution < -0.4 is 5.32 Å². The van der Waals surface area contributed by atoms with Crippen LogP contribution in [0.15, 0.2) is 53.1 Å². The maximum Gasteiger partial charge on any atom is 0.257 e. The quantitative estimate of drug-likeness (QED) is 0.600. The smallest absolute Gasteiger partial charge is 0.257 e. The van der Waals surface area contributed by atoms with E-state index in [1.54, 1.807) is 12.3 Å². The van der Waals surface area contributed by atoms with Gasteiger partial charge in [-0.3, -0.25) is 9.78 Å². The van der Waals surface area contributed by atoms with Crippen molar-refractivity contribution < 1.29 is 9.18 Å². The molecule has 28 heavy (non-hydrogen) atoms. The van der Waals surface area contributed by atoms with E-state index in [1.165, 1.54) is 12.1 Å². The molecular weight excluding hydrogens is 441 g/mol. The fourth-order valence-electron chi connectivity index (χ4n) is 3.29. The van der Waals surface area contributed by atoms with Gasteiger partial charge in [-0.05, 0) is 35.9 Å². The highest BCUT2D eigenvalue weighted by Gasteiger charge is 2.23. The van der Waals surface area contributed by atoms with Crippen molar-refractivity contribution in [3.8, 4) is 0 Å². The fraction of sp³-hybridized carbons (Fsp3) is 0.238. The first-order chi connectivity index (χ1) is 13.6. The lowest BCUT2D eigenvalue weighted by Gasteiger charge is -2.27. The highest BCUT2D eigenvalue weighted by Crippen LogP contribution is 2.29. The van der Waals surface area contributed by atoms with E-state index in [4.69, 9.17) is 0 Å². The third kappa shape index (κ3) is 4.15. The van der Waals surface area contributed by atoms with E-state index >= 15 is 0 Å². The number of aromatic nitrogens is 1. The summed E-state index contributed by atoms with van der Waals surface area (Å²) >= 11 is 5.33. The minimum atomic E-state index is -0.348. The number of nitrogens with zero attached hydrogens (tertiary/aromatic N) is 2. The molecule has 0 atom stereocenters. The molecular formula is C21H19BrFN3OS. The maximum absolute atomic E-state index is 14.0. The van der Waals surface area contributed by atoms with Gasteiger partial charge in [0.15, 0.2) is 0 Å². The summed E-state index contributed by atoms with van der Waals surface area (Å²) in [5.41, 5.74) is 2.83. The number of anilines is 1. The van der Waals surface area contributed by atoms with Gasteiger partial charge in [-0.1, -0.05) is 28.1 Å². The molecule has 4 rings (SSSR count). The Morgan fingerprint density at radius 2 is 2.04 bits per heavy atom. The number of nitrogens with one attached hydrogen (secondary N) is 1. The van der Waals surface area contributed by atoms with Crippen LogP contribution in [-0.2, 0) is 6.54 Å². The number of hydrogen-bond acceptors (Lipinski definition) is 4. The Bertz CT molecular complexity index is 1020. The summed E-state index contributed by atoms with van der Waals surface area (Å²) in [6, 6.07) is 12.4. The number of thioether (sulfide) groups is 1. The molecule has 1 aliphatic heterocycles. The van der Waals surface area contributed by atoms with Crippen molar-refractivity contribution in [2.24, 2.45) is 0 Å². The molecule has 1 saturated heterocycles. The number of amides is 1. The largest absolute Gasteiger partial charge is 0.380 e. The van der Waals surface area contributed by atoms with Gasteiger partial charge in [0, 0.05) is 47.2 Å². The Kier molecular flexibility index (Phi) is 5.82. The van der Waals surface area contributed by atoms with Gasteiger partial charge in [-0.2, -0.15) is 11.8 Å². The molecule has 1 N–H and O–H groups in total. The van der Waals surface area contributed by atoms with Gasteiger partial charge < -0.3 is 10.2 Å². The number of benzene rings is 2. The molecule has 0 bridgehead atoms. The summed E-state index contributed by atoms with van der Waals surface area (Å²) in [4.78, 5) is 19.4. The van der Waals surface area contributed by atoms with Gasteiger partial charge in [0.05, 0.1) is 16.8 Å². The molecule has 2 heterocycles. The Morgan fingerprint density at radius 3 is 2.82 bits per heavy atom. The topological polar surface area (TPSA) is 45.2 Å². The van der Waals surface area contributed by atoms with Crippen LogP contribution in [0.2, 0.25) is 0 Å². The Hall–Kier alpha value is -2.12. The monoisotopic (exact) mass is 459 g/mol. The molecule has 0 radical (unpaired) electrons. The Labute approximate surface area is 175 Å². The van der Waals surface area contributed by atoms with Gasteiger partial charge in [-0.15, -0.1) is 0 Å². The SMILES string of the molecule is O=C(c1cnc2ccc(F)cc2c1NCc1cccc(Br)c1)N1CCSCC1. The number of rotatable bonds is 4. The van der Waals surface area contributed by atoms with Gasteiger partial charge >= 0.3 is 0 Å². The summed E-state index contributed by atoms with van der Waals surface area (Å²) in [6.07, 6.45) is 1.60. The second-order valence-electron chi connectivity index (χ2n) is 6.60. The van der Waals surface area contributed by atoms with Gasteiger partial charge in [0.1, 0.15) is 5.82 Å². The van der Waals surface area contributed by atoms with Crippen molar-refractivity contribution in [1.82, 2.24) is 9.88 Å². The number of hydrogen-bond donors (Lipinski definition) is 1. The van der Waals surface area contributed by atoms with Crippen molar-refractivity contribution in [3.05, 3.63) is 70.1 Å². The average molecular weight is 460 g/mol. The molecule has 1 aromatic heterocycles. The van der Waals surface area contributed by atoms with Crippen LogP contribution in [0, 0.1) is 5.82 Å². The van der Waals surface area contributed by atoms with E-state index < -0.39 is 0 Å². The highest BCUT2D eigenvalue weighted by molar-refractivity contribution is 9.10. The van der Waals surface area contributed by atoms with Crippen LogP contribution in [-0.4, -0.2) is 40.4 Å². The molecule has 1 aliphatic rings. The van der Waals surface area contributed by atoms with Crippen LogP contribution in [0.4, 0.5) is 10.1 Å². The molecule has 144 valence electrons. The first kappa shape index (κ1) is 19.2. The Morgan fingerprint density at radius 1 is 1.21 bits per heavy atom. The molecule has 0 unspecified atom stereocenters. The third-order valence-corrected chi connectivity index (χ3v) is 6.15. The summed E-state index contributed by atoms with van der Waals surface area (Å²) < 4.78 is 14.9. The van der Waals surface area contributed by atoms with Crippen LogP contribution in [0.3, 0.4) is 0 Å². The first-order valence-corrected chi connectivity index (χ1v) is 11.0. The van der Waals surface area contributed by atoms with Crippen molar-refractivity contribution >= 4 is 50.2 Å². The lowest BCUT2D eigenvalue weighted by molar-refractivity contribution is 0.0773. The predicted molar refractivity (Wildman–Crippen MR) is 116 cm³/mol. The highest BCUT2D eigenvalue weighted by atomic mass is 79.9. The zero-order chi connectivity index (χ0) is 19.5. The molecule has 4 nitrogen and oxygen atoms in total.